The van der Waals surface area contributed by atoms with E-state index in [4.69, 9.17) is 5.14 Å². The lowest BCUT2D eigenvalue weighted by atomic mass is 9.98. The number of hydrogen-bond acceptors (Lipinski definition) is 3. The van der Waals surface area contributed by atoms with Crippen molar-refractivity contribution >= 4 is 21.6 Å². The lowest BCUT2D eigenvalue weighted by molar-refractivity contribution is -0.116. The van der Waals surface area contributed by atoms with E-state index in [9.17, 15) is 13.2 Å². The zero-order chi connectivity index (χ0) is 15.5. The molecule has 1 rings (SSSR count). The summed E-state index contributed by atoms with van der Waals surface area (Å²) in [4.78, 5) is 11.8. The largest absolute Gasteiger partial charge is 0.326 e. The van der Waals surface area contributed by atoms with Crippen LogP contribution >= 0.6 is 0 Å². The minimum absolute atomic E-state index is 0.0687. The molecule has 0 aliphatic rings. The normalized spacial score (nSPS) is 11.7. The molecule has 0 atom stereocenters. The van der Waals surface area contributed by atoms with Crippen LogP contribution in [0, 0.1) is 6.92 Å². The van der Waals surface area contributed by atoms with Gasteiger partial charge in [-0.3, -0.25) is 4.79 Å². The summed E-state index contributed by atoms with van der Waals surface area (Å²) in [6, 6.07) is 3.03. The van der Waals surface area contributed by atoms with Gasteiger partial charge in [-0.05, 0) is 42.5 Å². The molecule has 0 unspecified atom stereocenters. The summed E-state index contributed by atoms with van der Waals surface area (Å²) in [5.41, 5.74) is 2.16. The Kier molecular flexibility index (Phi) is 5.30. The third-order valence-corrected chi connectivity index (χ3v) is 3.92. The third-order valence-electron chi connectivity index (χ3n) is 3.03. The van der Waals surface area contributed by atoms with Crippen LogP contribution in [0.25, 0.3) is 0 Å². The molecule has 0 heterocycles. The predicted molar refractivity (Wildman–Crippen MR) is 80.2 cm³/mol. The summed E-state index contributed by atoms with van der Waals surface area (Å²) in [5.74, 6) is 0.00758. The van der Waals surface area contributed by atoms with Crippen LogP contribution in [0.1, 0.15) is 50.7 Å². The molecular formula is C14H22N2O3S. The van der Waals surface area contributed by atoms with Gasteiger partial charge in [0.05, 0.1) is 4.90 Å². The molecule has 0 aromatic heterocycles. The van der Waals surface area contributed by atoms with Crippen molar-refractivity contribution in [1.29, 1.82) is 0 Å². The van der Waals surface area contributed by atoms with Crippen molar-refractivity contribution in [3.05, 3.63) is 23.3 Å². The van der Waals surface area contributed by atoms with Gasteiger partial charge < -0.3 is 5.32 Å². The zero-order valence-corrected chi connectivity index (χ0v) is 13.2. The highest BCUT2D eigenvalue weighted by molar-refractivity contribution is 7.89. The van der Waals surface area contributed by atoms with E-state index in [0.717, 1.165) is 12.0 Å². The fraction of sp³-hybridized carbons (Fsp3) is 0.500. The highest BCUT2D eigenvalue weighted by atomic mass is 32.2. The van der Waals surface area contributed by atoms with Crippen LogP contribution in [0.5, 0.6) is 0 Å². The second-order valence-corrected chi connectivity index (χ2v) is 6.76. The van der Waals surface area contributed by atoms with Gasteiger partial charge in [-0.15, -0.1) is 0 Å². The van der Waals surface area contributed by atoms with Crippen molar-refractivity contribution in [2.75, 3.05) is 5.32 Å². The summed E-state index contributed by atoms with van der Waals surface area (Å²) >= 11 is 0. The van der Waals surface area contributed by atoms with Gasteiger partial charge in [0.25, 0.3) is 0 Å². The number of benzene rings is 1. The maximum atomic E-state index is 11.8. The Morgan fingerprint density at radius 3 is 2.40 bits per heavy atom. The quantitative estimate of drug-likeness (QED) is 0.875. The minimum atomic E-state index is -3.75. The fourth-order valence-electron chi connectivity index (χ4n) is 2.00. The molecule has 112 valence electrons. The van der Waals surface area contributed by atoms with Gasteiger partial charge in [-0.25, -0.2) is 13.6 Å². The van der Waals surface area contributed by atoms with Gasteiger partial charge in [0.2, 0.25) is 15.9 Å². The second kappa shape index (κ2) is 6.37. The van der Waals surface area contributed by atoms with E-state index in [2.05, 4.69) is 5.32 Å². The Morgan fingerprint density at radius 2 is 1.95 bits per heavy atom. The van der Waals surface area contributed by atoms with E-state index in [0.29, 0.717) is 17.7 Å². The molecule has 1 aromatic rings. The van der Waals surface area contributed by atoms with E-state index in [1.807, 2.05) is 20.8 Å². The number of rotatable bonds is 5. The summed E-state index contributed by atoms with van der Waals surface area (Å²) in [6.07, 6.45) is 1.20. The molecule has 3 N–H and O–H groups in total. The number of hydrogen-bond donors (Lipinski definition) is 2. The second-order valence-electron chi connectivity index (χ2n) is 5.20. The maximum Gasteiger partial charge on any atom is 0.238 e. The lowest BCUT2D eigenvalue weighted by Crippen LogP contribution is -2.17. The van der Waals surface area contributed by atoms with Crippen molar-refractivity contribution < 1.29 is 13.2 Å². The number of carbonyl (C=O) groups excluding carboxylic acids is 1. The molecule has 6 heteroatoms. The average Bonchev–Trinajstić information content (AvgIpc) is 2.30. The van der Waals surface area contributed by atoms with E-state index < -0.39 is 10.0 Å². The lowest BCUT2D eigenvalue weighted by Gasteiger charge is -2.18. The molecule has 1 amide bonds. The number of nitrogens with two attached hydrogens (primary N) is 1. The molecular weight excluding hydrogens is 276 g/mol. The molecule has 20 heavy (non-hydrogen) atoms. The fourth-order valence-corrected chi connectivity index (χ4v) is 2.63. The molecule has 0 fully saturated rings. The number of primary sulfonamides is 1. The van der Waals surface area contributed by atoms with E-state index in [1.165, 1.54) is 12.1 Å². The van der Waals surface area contributed by atoms with Crippen molar-refractivity contribution in [3.63, 3.8) is 0 Å². The number of nitrogens with one attached hydrogen (secondary N) is 1. The highest BCUT2D eigenvalue weighted by Crippen LogP contribution is 2.30. The topological polar surface area (TPSA) is 89.3 Å². The Bertz CT molecular complexity index is 607. The number of carbonyl (C=O) groups is 1. The van der Waals surface area contributed by atoms with Crippen LogP contribution in [0.2, 0.25) is 0 Å². The first kappa shape index (κ1) is 16.7. The van der Waals surface area contributed by atoms with Gasteiger partial charge in [0.15, 0.2) is 0 Å². The summed E-state index contributed by atoms with van der Waals surface area (Å²) in [5, 5.41) is 8.04. The van der Waals surface area contributed by atoms with E-state index >= 15 is 0 Å². The number of aryl methyl sites for hydroxylation is 1. The molecule has 0 saturated heterocycles. The Labute approximate surface area is 120 Å². The van der Waals surface area contributed by atoms with E-state index in [-0.39, 0.29) is 16.7 Å². The first-order valence-corrected chi connectivity index (χ1v) is 8.18. The van der Waals surface area contributed by atoms with Crippen LogP contribution in [-0.2, 0) is 14.8 Å². The van der Waals surface area contributed by atoms with Gasteiger partial charge >= 0.3 is 0 Å². The third kappa shape index (κ3) is 4.05. The molecule has 0 aliphatic carbocycles. The highest BCUT2D eigenvalue weighted by Gasteiger charge is 2.17. The van der Waals surface area contributed by atoms with Crippen molar-refractivity contribution in [1.82, 2.24) is 0 Å². The predicted octanol–water partition coefficient (Wildman–Crippen LogP) is 2.50. The van der Waals surface area contributed by atoms with Crippen LogP contribution in [0.3, 0.4) is 0 Å². The van der Waals surface area contributed by atoms with Crippen molar-refractivity contribution in [2.45, 2.75) is 51.3 Å². The average molecular weight is 298 g/mol. The molecule has 0 spiro atoms. The van der Waals surface area contributed by atoms with Crippen LogP contribution in [-0.4, -0.2) is 14.3 Å². The molecule has 0 aliphatic heterocycles. The monoisotopic (exact) mass is 298 g/mol. The number of amides is 1. The van der Waals surface area contributed by atoms with Crippen molar-refractivity contribution in [3.8, 4) is 0 Å². The standard InChI is InChI=1S/C14H22N2O3S/c1-5-6-13(17)16-14-10(4)7-11(20(15,18)19)8-12(14)9(2)3/h7-9H,5-6H2,1-4H3,(H,16,17)(H2,15,18,19). The first-order chi connectivity index (χ1) is 9.16. The minimum Gasteiger partial charge on any atom is -0.326 e. The van der Waals surface area contributed by atoms with Crippen LogP contribution < -0.4 is 10.5 Å². The molecule has 5 nitrogen and oxygen atoms in total. The number of sulfonamides is 1. The van der Waals surface area contributed by atoms with Gasteiger partial charge in [0.1, 0.15) is 0 Å². The first-order valence-electron chi connectivity index (χ1n) is 6.64. The summed E-state index contributed by atoms with van der Waals surface area (Å²) in [7, 11) is -3.75. The van der Waals surface area contributed by atoms with E-state index in [1.54, 1.807) is 6.92 Å². The SMILES string of the molecule is CCCC(=O)Nc1c(C)cc(S(N)(=O)=O)cc1C(C)C. The Hall–Kier alpha value is -1.40. The van der Waals surface area contributed by atoms with Crippen LogP contribution in [0.4, 0.5) is 5.69 Å². The van der Waals surface area contributed by atoms with Crippen molar-refractivity contribution in [2.24, 2.45) is 5.14 Å². The van der Waals surface area contributed by atoms with Gasteiger partial charge in [0, 0.05) is 12.1 Å². The molecule has 0 radical (unpaired) electrons. The zero-order valence-electron chi connectivity index (χ0n) is 12.4. The molecule has 0 saturated carbocycles. The Morgan fingerprint density at radius 1 is 1.35 bits per heavy atom. The number of anilines is 1. The molecule has 1 aromatic carbocycles. The summed E-state index contributed by atoms with van der Waals surface area (Å²) in [6.45, 7) is 7.58. The van der Waals surface area contributed by atoms with Crippen LogP contribution in [0.15, 0.2) is 17.0 Å². The van der Waals surface area contributed by atoms with Gasteiger partial charge in [-0.2, -0.15) is 0 Å². The smallest absolute Gasteiger partial charge is 0.238 e. The summed E-state index contributed by atoms with van der Waals surface area (Å²) < 4.78 is 23.0. The van der Waals surface area contributed by atoms with Gasteiger partial charge in [-0.1, -0.05) is 20.8 Å². The maximum absolute atomic E-state index is 11.8. The molecule has 0 bridgehead atoms. The Balaban J connectivity index is 3.34.